The number of aromatic nitrogens is 2. The van der Waals surface area contributed by atoms with Crippen LogP contribution in [0.4, 0.5) is 0 Å². The van der Waals surface area contributed by atoms with Gasteiger partial charge in [0.2, 0.25) is 10.0 Å². The van der Waals surface area contributed by atoms with Crippen molar-refractivity contribution in [3.63, 3.8) is 0 Å². The highest BCUT2D eigenvalue weighted by Gasteiger charge is 2.27. The van der Waals surface area contributed by atoms with E-state index in [0.29, 0.717) is 28.6 Å². The summed E-state index contributed by atoms with van der Waals surface area (Å²) in [7, 11) is 2.40. The molecule has 0 spiro atoms. The van der Waals surface area contributed by atoms with E-state index in [2.05, 4.69) is 9.71 Å². The topological polar surface area (TPSA) is 91.7 Å². The van der Waals surface area contributed by atoms with Crippen LogP contribution < -0.4 is 18.9 Å². The monoisotopic (exact) mass is 417 g/mol. The zero-order valence-corrected chi connectivity index (χ0v) is 17.4. The third-order valence-corrected chi connectivity index (χ3v) is 5.90. The van der Waals surface area contributed by atoms with Crippen molar-refractivity contribution in [3.8, 4) is 17.2 Å². The van der Waals surface area contributed by atoms with Crippen LogP contribution in [0.15, 0.2) is 59.8 Å². The molecule has 0 aliphatic rings. The number of sulfonamides is 1. The Morgan fingerprint density at radius 1 is 1.00 bits per heavy atom. The van der Waals surface area contributed by atoms with E-state index < -0.39 is 16.1 Å². The fourth-order valence-electron chi connectivity index (χ4n) is 2.95. The van der Waals surface area contributed by atoms with E-state index in [1.807, 2.05) is 6.07 Å². The van der Waals surface area contributed by atoms with Gasteiger partial charge >= 0.3 is 0 Å². The van der Waals surface area contributed by atoms with Gasteiger partial charge in [-0.15, -0.1) is 0 Å². The maximum atomic E-state index is 13.2. The van der Waals surface area contributed by atoms with Crippen LogP contribution in [0, 0.1) is 0 Å². The van der Waals surface area contributed by atoms with Crippen LogP contribution in [0.25, 0.3) is 0 Å². The zero-order chi connectivity index (χ0) is 21.0. The molecule has 29 heavy (non-hydrogen) atoms. The summed E-state index contributed by atoms with van der Waals surface area (Å²) >= 11 is 0. The van der Waals surface area contributed by atoms with Crippen LogP contribution in [0.1, 0.15) is 17.4 Å². The first-order chi connectivity index (χ1) is 13.9. The molecule has 0 radical (unpaired) electrons. The van der Waals surface area contributed by atoms with Gasteiger partial charge in [0, 0.05) is 25.5 Å². The number of hydrogen-bond acceptors (Lipinski definition) is 6. The van der Waals surface area contributed by atoms with Crippen LogP contribution in [0.2, 0.25) is 0 Å². The molecule has 1 atom stereocenters. The SMILES string of the molecule is COc1cccc(C(NS(=O)(=O)c2ccc(OC)c(OC)c2)c2nccn2C)c1. The van der Waals surface area contributed by atoms with Gasteiger partial charge in [-0.05, 0) is 29.8 Å². The summed E-state index contributed by atoms with van der Waals surface area (Å²) in [5.74, 6) is 1.93. The molecular weight excluding hydrogens is 394 g/mol. The number of rotatable bonds is 8. The molecule has 0 aliphatic heterocycles. The van der Waals surface area contributed by atoms with Crippen molar-refractivity contribution >= 4 is 10.0 Å². The molecule has 2 aromatic carbocycles. The van der Waals surface area contributed by atoms with E-state index in [9.17, 15) is 8.42 Å². The van der Waals surface area contributed by atoms with Crippen molar-refractivity contribution in [2.24, 2.45) is 7.05 Å². The number of benzene rings is 2. The second-order valence-electron chi connectivity index (χ2n) is 6.24. The molecule has 1 aromatic heterocycles. The highest BCUT2D eigenvalue weighted by molar-refractivity contribution is 7.89. The summed E-state index contributed by atoms with van der Waals surface area (Å²) in [6.07, 6.45) is 3.38. The molecule has 0 amide bonds. The summed E-state index contributed by atoms with van der Waals surface area (Å²) in [5, 5.41) is 0. The molecule has 1 N–H and O–H groups in total. The molecule has 0 saturated carbocycles. The summed E-state index contributed by atoms with van der Waals surface area (Å²) in [6, 6.07) is 10.9. The molecule has 0 aliphatic carbocycles. The first kappa shape index (κ1) is 20.7. The third-order valence-electron chi connectivity index (χ3n) is 4.48. The Labute approximate surface area is 170 Å². The Morgan fingerprint density at radius 2 is 1.76 bits per heavy atom. The molecule has 3 rings (SSSR count). The average Bonchev–Trinajstić information content (AvgIpc) is 3.17. The first-order valence-electron chi connectivity index (χ1n) is 8.75. The van der Waals surface area contributed by atoms with Crippen molar-refractivity contribution in [2.45, 2.75) is 10.9 Å². The van der Waals surface area contributed by atoms with Gasteiger partial charge < -0.3 is 18.8 Å². The molecule has 1 heterocycles. The van der Waals surface area contributed by atoms with Gasteiger partial charge in [-0.2, -0.15) is 4.72 Å². The van der Waals surface area contributed by atoms with E-state index in [4.69, 9.17) is 14.2 Å². The van der Waals surface area contributed by atoms with Crippen molar-refractivity contribution in [1.82, 2.24) is 14.3 Å². The summed E-state index contributed by atoms with van der Waals surface area (Å²) < 4.78 is 46.6. The Hall–Kier alpha value is -3.04. The maximum Gasteiger partial charge on any atom is 0.241 e. The minimum atomic E-state index is -3.91. The van der Waals surface area contributed by atoms with Gasteiger partial charge in [-0.25, -0.2) is 13.4 Å². The lowest BCUT2D eigenvalue weighted by Gasteiger charge is -2.20. The molecule has 8 nitrogen and oxygen atoms in total. The van der Waals surface area contributed by atoms with E-state index in [0.717, 1.165) is 0 Å². The molecule has 0 bridgehead atoms. The molecule has 154 valence electrons. The first-order valence-corrected chi connectivity index (χ1v) is 10.2. The van der Waals surface area contributed by atoms with Crippen molar-refractivity contribution in [1.29, 1.82) is 0 Å². The predicted octanol–water partition coefficient (Wildman–Crippen LogP) is 2.51. The van der Waals surface area contributed by atoms with Crippen molar-refractivity contribution in [3.05, 3.63) is 66.2 Å². The Balaban J connectivity index is 2.04. The number of hydrogen-bond donors (Lipinski definition) is 1. The predicted molar refractivity (Wildman–Crippen MR) is 108 cm³/mol. The van der Waals surface area contributed by atoms with E-state index >= 15 is 0 Å². The lowest BCUT2D eigenvalue weighted by atomic mass is 10.1. The minimum Gasteiger partial charge on any atom is -0.497 e. The number of nitrogens with zero attached hydrogens (tertiary/aromatic N) is 2. The smallest absolute Gasteiger partial charge is 0.241 e. The van der Waals surface area contributed by atoms with Crippen molar-refractivity contribution in [2.75, 3.05) is 21.3 Å². The Morgan fingerprint density at radius 3 is 2.38 bits per heavy atom. The average molecular weight is 417 g/mol. The highest BCUT2D eigenvalue weighted by atomic mass is 32.2. The summed E-state index contributed by atoms with van der Waals surface area (Å²) in [4.78, 5) is 4.39. The van der Waals surface area contributed by atoms with Gasteiger partial charge in [0.25, 0.3) is 0 Å². The van der Waals surface area contributed by atoms with Gasteiger partial charge in [0.05, 0.1) is 26.2 Å². The van der Waals surface area contributed by atoms with E-state index in [1.165, 1.54) is 26.4 Å². The molecule has 0 fully saturated rings. The molecule has 3 aromatic rings. The quantitative estimate of drug-likeness (QED) is 0.606. The van der Waals surface area contributed by atoms with Gasteiger partial charge in [-0.3, -0.25) is 0 Å². The van der Waals surface area contributed by atoms with Gasteiger partial charge in [0.15, 0.2) is 11.5 Å². The number of imidazole rings is 1. The molecular formula is C20H23N3O5S. The Kier molecular flexibility index (Phi) is 6.09. The van der Waals surface area contributed by atoms with Crippen LogP contribution in [-0.2, 0) is 17.1 Å². The largest absolute Gasteiger partial charge is 0.497 e. The zero-order valence-electron chi connectivity index (χ0n) is 16.6. The number of methoxy groups -OCH3 is 3. The van der Waals surface area contributed by atoms with Crippen LogP contribution in [-0.4, -0.2) is 39.3 Å². The summed E-state index contributed by atoms with van der Waals surface area (Å²) in [5.41, 5.74) is 0.697. The van der Waals surface area contributed by atoms with Crippen molar-refractivity contribution < 1.29 is 22.6 Å². The normalized spacial score (nSPS) is 12.4. The molecule has 9 heteroatoms. The number of nitrogens with one attached hydrogen (secondary N) is 1. The molecule has 0 saturated heterocycles. The standard InChI is InChI=1S/C20H23N3O5S/c1-23-11-10-21-20(23)19(14-6-5-7-15(12-14)26-2)22-29(24,25)16-8-9-17(27-3)18(13-16)28-4/h5-13,19,22H,1-4H3. The Bertz CT molecular complexity index is 1100. The van der Waals surface area contributed by atoms with Crippen LogP contribution in [0.5, 0.6) is 17.2 Å². The van der Waals surface area contributed by atoms with E-state index in [-0.39, 0.29) is 4.90 Å². The van der Waals surface area contributed by atoms with Crippen LogP contribution in [0.3, 0.4) is 0 Å². The fourth-order valence-corrected chi connectivity index (χ4v) is 4.15. The van der Waals surface area contributed by atoms with Gasteiger partial charge in [0.1, 0.15) is 17.6 Å². The van der Waals surface area contributed by atoms with Gasteiger partial charge in [-0.1, -0.05) is 12.1 Å². The highest BCUT2D eigenvalue weighted by Crippen LogP contribution is 2.31. The third kappa shape index (κ3) is 4.36. The van der Waals surface area contributed by atoms with E-state index in [1.54, 1.807) is 55.4 Å². The second kappa shape index (κ2) is 8.54. The molecule has 1 unspecified atom stereocenters. The lowest BCUT2D eigenvalue weighted by molar-refractivity contribution is 0.354. The number of aryl methyl sites for hydroxylation is 1. The fraction of sp³-hybridized carbons (Fsp3) is 0.250. The maximum absolute atomic E-state index is 13.2. The minimum absolute atomic E-state index is 0.0530. The van der Waals surface area contributed by atoms with Crippen LogP contribution >= 0.6 is 0 Å². The second-order valence-corrected chi connectivity index (χ2v) is 7.96. The number of ether oxygens (including phenoxy) is 3. The lowest BCUT2D eigenvalue weighted by Crippen LogP contribution is -2.31. The summed E-state index contributed by atoms with van der Waals surface area (Å²) in [6.45, 7) is 0.